The minimum atomic E-state index is -3.08. The van der Waals surface area contributed by atoms with E-state index in [2.05, 4.69) is 10.4 Å². The maximum atomic E-state index is 13.3. The number of rotatable bonds is 4. The summed E-state index contributed by atoms with van der Waals surface area (Å²) in [6.45, 7) is 3.77. The summed E-state index contributed by atoms with van der Waals surface area (Å²) in [7, 11) is -3.08. The third kappa shape index (κ3) is 3.83. The van der Waals surface area contributed by atoms with E-state index in [1.165, 1.54) is 0 Å². The number of nitrogens with one attached hydrogen (secondary N) is 1. The minimum Gasteiger partial charge on any atom is -0.321 e. The van der Waals surface area contributed by atoms with Crippen LogP contribution in [0, 0.1) is 13.8 Å². The average molecular weight is 459 g/mol. The smallest absolute Gasteiger partial charge is 0.256 e. The molecule has 1 saturated heterocycles. The van der Waals surface area contributed by atoms with Gasteiger partial charge in [0.1, 0.15) is 0 Å². The van der Waals surface area contributed by atoms with Crippen LogP contribution in [-0.2, 0) is 9.84 Å². The number of hydrogen-bond donors (Lipinski definition) is 1. The van der Waals surface area contributed by atoms with E-state index >= 15 is 0 Å². The predicted octanol–water partition coefficient (Wildman–Crippen LogP) is 4.19. The highest BCUT2D eigenvalue weighted by Crippen LogP contribution is 2.41. The van der Waals surface area contributed by atoms with E-state index in [9.17, 15) is 13.2 Å². The molecule has 1 unspecified atom stereocenters. The highest BCUT2D eigenvalue weighted by Gasteiger charge is 2.34. The first-order valence-electron chi connectivity index (χ1n) is 10.4. The second-order valence-corrected chi connectivity index (χ2v) is 11.2. The van der Waals surface area contributed by atoms with Gasteiger partial charge in [-0.15, -0.1) is 0 Å². The number of hydrogen-bond acceptors (Lipinski definition) is 5. The van der Waals surface area contributed by atoms with Gasteiger partial charge in [-0.25, -0.2) is 18.1 Å². The summed E-state index contributed by atoms with van der Waals surface area (Å²) in [6, 6.07) is 7.07. The van der Waals surface area contributed by atoms with Gasteiger partial charge >= 0.3 is 0 Å². The Hall–Kier alpha value is -2.45. The monoisotopic (exact) mass is 458 g/mol. The van der Waals surface area contributed by atoms with E-state index in [-0.39, 0.29) is 23.5 Å². The van der Waals surface area contributed by atoms with Crippen LogP contribution in [0.15, 0.2) is 24.3 Å². The summed E-state index contributed by atoms with van der Waals surface area (Å²) >= 11 is 6.32. The molecule has 5 rings (SSSR count). The molecule has 1 atom stereocenters. The second kappa shape index (κ2) is 7.31. The zero-order valence-corrected chi connectivity index (χ0v) is 18.9. The number of carbonyl (C=O) groups is 1. The molecule has 3 aromatic rings. The number of fused-ring (bicyclic) bond motifs is 1. The van der Waals surface area contributed by atoms with Crippen molar-refractivity contribution in [2.75, 3.05) is 16.8 Å². The molecule has 31 heavy (non-hydrogen) atoms. The van der Waals surface area contributed by atoms with Crippen LogP contribution < -0.4 is 5.32 Å². The van der Waals surface area contributed by atoms with Crippen molar-refractivity contribution in [1.29, 1.82) is 0 Å². The number of aromatic nitrogens is 3. The number of halogens is 1. The Balaban J connectivity index is 1.61. The number of carbonyl (C=O) groups excluding carboxylic acids is 1. The topological polar surface area (TPSA) is 93.9 Å². The predicted molar refractivity (Wildman–Crippen MR) is 121 cm³/mol. The molecule has 3 heterocycles. The van der Waals surface area contributed by atoms with Crippen LogP contribution in [0.4, 0.5) is 5.69 Å². The fourth-order valence-electron chi connectivity index (χ4n) is 4.23. The molecule has 9 heteroatoms. The van der Waals surface area contributed by atoms with Crippen molar-refractivity contribution in [1.82, 2.24) is 14.8 Å². The molecule has 7 nitrogen and oxygen atoms in total. The van der Waals surface area contributed by atoms with Gasteiger partial charge in [-0.1, -0.05) is 17.7 Å². The molecule has 0 spiro atoms. The van der Waals surface area contributed by atoms with Crippen molar-refractivity contribution in [3.8, 4) is 0 Å². The van der Waals surface area contributed by atoms with Crippen LogP contribution in [0.3, 0.4) is 0 Å². The molecule has 1 amide bonds. The molecular weight excluding hydrogens is 436 g/mol. The molecule has 1 saturated carbocycles. The van der Waals surface area contributed by atoms with E-state index in [1.54, 1.807) is 16.8 Å². The van der Waals surface area contributed by atoms with Crippen LogP contribution in [0.1, 0.15) is 58.5 Å². The van der Waals surface area contributed by atoms with Gasteiger partial charge in [-0.05, 0) is 56.9 Å². The van der Waals surface area contributed by atoms with Gasteiger partial charge in [0, 0.05) is 11.6 Å². The van der Waals surface area contributed by atoms with Crippen molar-refractivity contribution < 1.29 is 13.2 Å². The summed E-state index contributed by atoms with van der Waals surface area (Å²) < 4.78 is 25.8. The average Bonchev–Trinajstić information content (AvgIpc) is 3.43. The summed E-state index contributed by atoms with van der Waals surface area (Å²) in [6.07, 6.45) is 2.58. The number of aryl methyl sites for hydroxylation is 2. The Morgan fingerprint density at radius 1 is 1.19 bits per heavy atom. The highest BCUT2D eigenvalue weighted by molar-refractivity contribution is 7.91. The van der Waals surface area contributed by atoms with Gasteiger partial charge < -0.3 is 5.32 Å². The minimum absolute atomic E-state index is 0.0546. The molecule has 1 aromatic carbocycles. The number of pyridine rings is 1. The van der Waals surface area contributed by atoms with Gasteiger partial charge in [0.05, 0.1) is 44.9 Å². The SMILES string of the molecule is Cc1ccc(NC(=O)c2cc(C3CC3)nc3c2c(C)nn3C2CCS(=O)(=O)C2)c(Cl)c1. The molecule has 0 radical (unpaired) electrons. The van der Waals surface area contributed by atoms with Crippen LogP contribution in [-0.4, -0.2) is 40.6 Å². The van der Waals surface area contributed by atoms with Crippen LogP contribution in [0.25, 0.3) is 11.0 Å². The summed E-state index contributed by atoms with van der Waals surface area (Å²) in [5.74, 6) is 0.259. The lowest BCUT2D eigenvalue weighted by atomic mass is 10.1. The van der Waals surface area contributed by atoms with Crippen molar-refractivity contribution in [2.24, 2.45) is 0 Å². The van der Waals surface area contributed by atoms with Crippen molar-refractivity contribution in [3.63, 3.8) is 0 Å². The highest BCUT2D eigenvalue weighted by atomic mass is 35.5. The molecule has 162 valence electrons. The first-order chi connectivity index (χ1) is 14.7. The van der Waals surface area contributed by atoms with Gasteiger partial charge in [0.15, 0.2) is 15.5 Å². The number of amides is 1. The Morgan fingerprint density at radius 3 is 2.61 bits per heavy atom. The molecule has 2 aromatic heterocycles. The maximum absolute atomic E-state index is 13.3. The largest absolute Gasteiger partial charge is 0.321 e. The van der Waals surface area contributed by atoms with E-state index in [4.69, 9.17) is 16.6 Å². The summed E-state index contributed by atoms with van der Waals surface area (Å²) in [5.41, 5.74) is 4.15. The van der Waals surface area contributed by atoms with Crippen molar-refractivity contribution >= 4 is 44.1 Å². The van der Waals surface area contributed by atoms with E-state index in [0.29, 0.717) is 45.3 Å². The van der Waals surface area contributed by atoms with Gasteiger partial charge in [-0.2, -0.15) is 5.10 Å². The molecule has 1 aliphatic carbocycles. The molecule has 1 aliphatic heterocycles. The fourth-order valence-corrected chi connectivity index (χ4v) is 6.21. The zero-order chi connectivity index (χ0) is 21.9. The lowest BCUT2D eigenvalue weighted by Crippen LogP contribution is -2.15. The standard InChI is InChI=1S/C22H23ClN4O3S/c1-12-3-6-18(17(23)9-12)25-22(28)16-10-19(14-4-5-14)24-21-20(16)13(2)26-27(21)15-7-8-31(29,30)11-15/h3,6,9-10,14-15H,4-5,7-8,11H2,1-2H3,(H,25,28). The third-order valence-corrected chi connectivity index (χ3v) is 8.09. The number of nitrogens with zero attached hydrogens (tertiary/aromatic N) is 3. The van der Waals surface area contributed by atoms with E-state index in [0.717, 1.165) is 24.1 Å². The Bertz CT molecular complexity index is 1330. The van der Waals surface area contributed by atoms with Crippen LogP contribution in [0.2, 0.25) is 5.02 Å². The summed E-state index contributed by atoms with van der Waals surface area (Å²) in [5, 5.41) is 8.68. The molecule has 2 aliphatic rings. The van der Waals surface area contributed by atoms with Crippen molar-refractivity contribution in [3.05, 3.63) is 51.8 Å². The van der Waals surface area contributed by atoms with Crippen LogP contribution in [0.5, 0.6) is 0 Å². The number of sulfone groups is 1. The van der Waals surface area contributed by atoms with Gasteiger partial charge in [-0.3, -0.25) is 4.79 Å². The lowest BCUT2D eigenvalue weighted by molar-refractivity contribution is 0.102. The number of benzene rings is 1. The Kier molecular flexibility index (Phi) is 4.82. The lowest BCUT2D eigenvalue weighted by Gasteiger charge is -2.12. The second-order valence-electron chi connectivity index (χ2n) is 8.59. The Morgan fingerprint density at radius 2 is 1.97 bits per heavy atom. The maximum Gasteiger partial charge on any atom is 0.256 e. The normalized spacial score (nSPS) is 20.3. The summed E-state index contributed by atoms with van der Waals surface area (Å²) in [4.78, 5) is 18.1. The number of anilines is 1. The molecular formula is C22H23ClN4O3S. The van der Waals surface area contributed by atoms with E-state index in [1.807, 2.05) is 26.0 Å². The third-order valence-electron chi connectivity index (χ3n) is 6.02. The first-order valence-corrected chi connectivity index (χ1v) is 12.6. The fraction of sp³-hybridized carbons (Fsp3) is 0.409. The first kappa shape index (κ1) is 20.5. The van der Waals surface area contributed by atoms with Crippen LogP contribution >= 0.6 is 11.6 Å². The van der Waals surface area contributed by atoms with Crippen molar-refractivity contribution in [2.45, 2.75) is 45.1 Å². The van der Waals surface area contributed by atoms with E-state index < -0.39 is 9.84 Å². The van der Waals surface area contributed by atoms with Gasteiger partial charge in [0.2, 0.25) is 0 Å². The molecule has 2 fully saturated rings. The van der Waals surface area contributed by atoms with Gasteiger partial charge in [0.25, 0.3) is 5.91 Å². The quantitative estimate of drug-likeness (QED) is 0.632. The molecule has 1 N–H and O–H groups in total. The Labute approximate surface area is 185 Å². The zero-order valence-electron chi connectivity index (χ0n) is 17.4. The molecule has 0 bridgehead atoms.